The number of fused-ring (bicyclic) bond motifs is 7. The van der Waals surface area contributed by atoms with Crippen LogP contribution in [0.4, 0.5) is 0 Å². The monoisotopic (exact) mass is 334 g/mol. The third kappa shape index (κ3) is 1.81. The third-order valence-corrected chi connectivity index (χ3v) is 5.32. The van der Waals surface area contributed by atoms with Gasteiger partial charge in [0, 0.05) is 18.2 Å². The summed E-state index contributed by atoms with van der Waals surface area (Å²) in [6.45, 7) is 2.56. The molecule has 0 bridgehead atoms. The summed E-state index contributed by atoms with van der Waals surface area (Å²) in [5, 5.41) is 1.08. The molecule has 6 heteroatoms. The van der Waals surface area contributed by atoms with Crippen LogP contribution in [0, 0.1) is 6.92 Å². The Morgan fingerprint density at radius 1 is 1.21 bits per heavy atom. The number of ether oxygens (including phenoxy) is 1. The maximum absolute atomic E-state index is 5.37. The number of pyridine rings is 1. The number of benzene rings is 1. The van der Waals surface area contributed by atoms with Crippen molar-refractivity contribution >= 4 is 48.5 Å². The first-order valence-electron chi connectivity index (χ1n) is 7.70. The average Bonchev–Trinajstić information content (AvgIpc) is 3.12. The van der Waals surface area contributed by atoms with Crippen molar-refractivity contribution in [1.29, 1.82) is 0 Å². The van der Waals surface area contributed by atoms with Gasteiger partial charge in [0.2, 0.25) is 0 Å². The van der Waals surface area contributed by atoms with Crippen molar-refractivity contribution in [3.8, 4) is 0 Å². The Hall–Kier alpha value is -2.57. The van der Waals surface area contributed by atoms with E-state index in [2.05, 4.69) is 16.5 Å². The van der Waals surface area contributed by atoms with Gasteiger partial charge in [-0.3, -0.25) is 4.40 Å². The molecular weight excluding hydrogens is 320 g/mol. The van der Waals surface area contributed by atoms with E-state index in [0.29, 0.717) is 6.61 Å². The van der Waals surface area contributed by atoms with E-state index in [-0.39, 0.29) is 0 Å². The predicted octanol–water partition coefficient (Wildman–Crippen LogP) is 4.10. The summed E-state index contributed by atoms with van der Waals surface area (Å²) in [6, 6.07) is 10.2. The number of hydrogen-bond donors (Lipinski definition) is 0. The van der Waals surface area contributed by atoms with Gasteiger partial charge >= 0.3 is 0 Å². The highest BCUT2D eigenvalue weighted by molar-refractivity contribution is 7.26. The van der Waals surface area contributed by atoms with Gasteiger partial charge in [-0.15, -0.1) is 11.3 Å². The molecule has 4 heterocycles. The third-order valence-electron chi connectivity index (χ3n) is 4.25. The summed E-state index contributed by atoms with van der Waals surface area (Å²) in [5.41, 5.74) is 6.05. The second-order valence-corrected chi connectivity index (χ2v) is 6.85. The van der Waals surface area contributed by atoms with Crippen LogP contribution in [0.2, 0.25) is 0 Å². The van der Waals surface area contributed by atoms with Gasteiger partial charge < -0.3 is 4.74 Å². The molecule has 0 aliphatic heterocycles. The van der Waals surface area contributed by atoms with E-state index in [9.17, 15) is 0 Å². The molecule has 1 aromatic carbocycles. The van der Waals surface area contributed by atoms with E-state index in [4.69, 9.17) is 19.7 Å². The predicted molar refractivity (Wildman–Crippen MR) is 96.6 cm³/mol. The van der Waals surface area contributed by atoms with Gasteiger partial charge in [-0.1, -0.05) is 12.1 Å². The lowest BCUT2D eigenvalue weighted by molar-refractivity contribution is 0.186. The minimum atomic E-state index is 0.551. The lowest BCUT2D eigenvalue weighted by atomic mass is 10.1. The number of hydrogen-bond acceptors (Lipinski definition) is 5. The Morgan fingerprint density at radius 2 is 2.08 bits per heavy atom. The van der Waals surface area contributed by atoms with Gasteiger partial charge in [-0.05, 0) is 30.7 Å². The number of thiophene rings is 1. The molecular formula is C18H14N4OS. The lowest BCUT2D eigenvalue weighted by Crippen LogP contribution is -1.93. The van der Waals surface area contributed by atoms with Crippen LogP contribution in [0.5, 0.6) is 0 Å². The van der Waals surface area contributed by atoms with Gasteiger partial charge in [-0.2, -0.15) is 0 Å². The molecule has 0 spiro atoms. The molecule has 0 N–H and O–H groups in total. The average molecular weight is 334 g/mol. The van der Waals surface area contributed by atoms with Crippen LogP contribution in [-0.4, -0.2) is 26.5 Å². The molecule has 5 aromatic rings. The van der Waals surface area contributed by atoms with E-state index in [1.807, 2.05) is 31.5 Å². The van der Waals surface area contributed by atoms with Crippen LogP contribution in [-0.2, 0) is 11.3 Å². The van der Waals surface area contributed by atoms with Crippen LogP contribution in [0.3, 0.4) is 0 Å². The first kappa shape index (κ1) is 13.8. The lowest BCUT2D eigenvalue weighted by Gasteiger charge is -2.03. The van der Waals surface area contributed by atoms with E-state index < -0.39 is 0 Å². The molecule has 0 saturated carbocycles. The highest BCUT2D eigenvalue weighted by atomic mass is 32.1. The first-order valence-corrected chi connectivity index (χ1v) is 8.51. The number of imidazole rings is 1. The number of aromatic nitrogens is 4. The van der Waals surface area contributed by atoms with Crippen molar-refractivity contribution in [2.45, 2.75) is 13.5 Å². The molecule has 0 atom stereocenters. The van der Waals surface area contributed by atoms with Crippen molar-refractivity contribution in [3.63, 3.8) is 0 Å². The Bertz CT molecular complexity index is 1240. The van der Waals surface area contributed by atoms with Crippen LogP contribution in [0.25, 0.3) is 37.1 Å². The van der Waals surface area contributed by atoms with Crippen molar-refractivity contribution in [2.24, 2.45) is 0 Å². The highest BCUT2D eigenvalue weighted by Crippen LogP contribution is 2.37. The fraction of sp³-hybridized carbons (Fsp3) is 0.167. The van der Waals surface area contributed by atoms with Crippen molar-refractivity contribution in [2.75, 3.05) is 7.11 Å². The van der Waals surface area contributed by atoms with Crippen LogP contribution >= 0.6 is 11.3 Å². The topological polar surface area (TPSA) is 52.3 Å². The molecule has 5 nitrogen and oxygen atoms in total. The standard InChI is InChI=1S/C18H14N4OS/c1-10-7-11(8-23-2)14-15-16(24-18(14)20-10)17-21-12-5-3-4-6-13(12)22(17)9-19-15/h3-7,9H,8H2,1-2H3. The summed E-state index contributed by atoms with van der Waals surface area (Å²) >= 11 is 1.65. The fourth-order valence-corrected chi connectivity index (χ4v) is 4.48. The molecule has 24 heavy (non-hydrogen) atoms. The van der Waals surface area contributed by atoms with E-state index in [1.54, 1.807) is 18.4 Å². The SMILES string of the molecule is COCc1cc(C)nc2sc3c(ncn4c5ccccc5nc34)c12. The maximum atomic E-state index is 5.37. The first-order chi connectivity index (χ1) is 11.8. The molecule has 0 saturated heterocycles. The van der Waals surface area contributed by atoms with E-state index in [1.165, 1.54) is 0 Å². The largest absolute Gasteiger partial charge is 0.380 e. The molecule has 0 unspecified atom stereocenters. The molecule has 0 radical (unpaired) electrons. The van der Waals surface area contributed by atoms with Gasteiger partial charge in [0.1, 0.15) is 11.2 Å². The van der Waals surface area contributed by atoms with Crippen molar-refractivity contribution in [1.82, 2.24) is 19.4 Å². The minimum Gasteiger partial charge on any atom is -0.380 e. The minimum absolute atomic E-state index is 0.551. The Balaban J connectivity index is 1.98. The number of rotatable bonds is 2. The zero-order chi connectivity index (χ0) is 16.3. The summed E-state index contributed by atoms with van der Waals surface area (Å²) in [7, 11) is 1.71. The molecule has 0 aliphatic carbocycles. The van der Waals surface area contributed by atoms with Gasteiger partial charge in [0.05, 0.1) is 27.9 Å². The van der Waals surface area contributed by atoms with Crippen LogP contribution < -0.4 is 0 Å². The highest BCUT2D eigenvalue weighted by Gasteiger charge is 2.17. The number of methoxy groups -OCH3 is 1. The zero-order valence-corrected chi connectivity index (χ0v) is 14.1. The number of aryl methyl sites for hydroxylation is 1. The molecule has 118 valence electrons. The Labute approximate surface area is 141 Å². The van der Waals surface area contributed by atoms with Crippen LogP contribution in [0.1, 0.15) is 11.3 Å². The van der Waals surface area contributed by atoms with E-state index >= 15 is 0 Å². The number of para-hydroxylation sites is 2. The normalized spacial score (nSPS) is 12.1. The summed E-state index contributed by atoms with van der Waals surface area (Å²) in [4.78, 5) is 15.2. The molecule has 0 amide bonds. The fourth-order valence-electron chi connectivity index (χ4n) is 3.28. The van der Waals surface area contributed by atoms with Crippen molar-refractivity contribution < 1.29 is 4.74 Å². The Kier molecular flexibility index (Phi) is 2.86. The smallest absolute Gasteiger partial charge is 0.158 e. The quantitative estimate of drug-likeness (QED) is 0.488. The molecule has 5 rings (SSSR count). The molecule has 4 aromatic heterocycles. The summed E-state index contributed by atoms with van der Waals surface area (Å²) in [6.07, 6.45) is 1.86. The van der Waals surface area contributed by atoms with Crippen molar-refractivity contribution in [3.05, 3.63) is 47.9 Å². The molecule has 0 fully saturated rings. The zero-order valence-electron chi connectivity index (χ0n) is 13.3. The van der Waals surface area contributed by atoms with E-state index in [0.717, 1.165) is 48.4 Å². The number of nitrogens with zero attached hydrogens (tertiary/aromatic N) is 4. The maximum Gasteiger partial charge on any atom is 0.158 e. The van der Waals surface area contributed by atoms with Gasteiger partial charge in [-0.25, -0.2) is 15.0 Å². The molecule has 0 aliphatic rings. The summed E-state index contributed by atoms with van der Waals surface area (Å²) in [5.74, 6) is 0. The summed E-state index contributed by atoms with van der Waals surface area (Å²) < 4.78 is 8.49. The van der Waals surface area contributed by atoms with Gasteiger partial charge in [0.25, 0.3) is 0 Å². The Morgan fingerprint density at radius 3 is 2.96 bits per heavy atom. The van der Waals surface area contributed by atoms with Crippen LogP contribution in [0.15, 0.2) is 36.7 Å². The van der Waals surface area contributed by atoms with Gasteiger partial charge in [0.15, 0.2) is 5.65 Å². The second kappa shape index (κ2) is 4.96. The second-order valence-electron chi connectivity index (χ2n) is 5.85.